The summed E-state index contributed by atoms with van der Waals surface area (Å²) in [7, 11) is 1.78. The van der Waals surface area contributed by atoms with Crippen molar-refractivity contribution in [2.45, 2.75) is 44.6 Å². The van der Waals surface area contributed by atoms with E-state index in [1.54, 1.807) is 18.9 Å². The van der Waals surface area contributed by atoms with E-state index in [1.165, 1.54) is 6.42 Å². The van der Waals surface area contributed by atoms with E-state index in [0.29, 0.717) is 36.5 Å². The molecule has 1 aliphatic heterocycles. The van der Waals surface area contributed by atoms with Gasteiger partial charge in [0.25, 0.3) is 0 Å². The summed E-state index contributed by atoms with van der Waals surface area (Å²) in [6.45, 7) is 3.87. The number of Topliss-reactive ketones (excluding diaryl/α,β-unsaturated/α-hetero) is 1. The van der Waals surface area contributed by atoms with Gasteiger partial charge < -0.3 is 14.4 Å². The Hall–Kier alpha value is -3.60. The number of carbonyl (C=O) groups excluding carboxylic acids is 1. The molecule has 1 saturated heterocycles. The molecule has 0 unspecified atom stereocenters. The lowest BCUT2D eigenvalue weighted by atomic mass is 9.81. The normalized spacial score (nSPS) is 15.5. The number of nitrogens with zero attached hydrogens (tertiary/aromatic N) is 4. The number of rotatable bonds is 13. The van der Waals surface area contributed by atoms with Crippen molar-refractivity contribution in [3.8, 4) is 5.69 Å². The third-order valence-electron chi connectivity index (χ3n) is 8.50. The number of benzene rings is 2. The van der Waals surface area contributed by atoms with Gasteiger partial charge in [-0.05, 0) is 55.4 Å². The molecule has 2 aromatic heterocycles. The first-order chi connectivity index (χ1) is 21.7. The van der Waals surface area contributed by atoms with E-state index in [1.807, 2.05) is 47.1 Å². The Balaban J connectivity index is 0.00000188. The zero-order chi connectivity index (χ0) is 30.7. The minimum absolute atomic E-state index is 0.0477. The Morgan fingerprint density at radius 1 is 0.977 bits per heavy atom. The number of anilines is 1. The largest absolute Gasteiger partial charge is 0.384 e. The van der Waals surface area contributed by atoms with Crippen molar-refractivity contribution in [3.63, 3.8) is 0 Å². The van der Waals surface area contributed by atoms with Gasteiger partial charge in [-0.3, -0.25) is 4.79 Å². The van der Waals surface area contributed by atoms with E-state index in [0.717, 1.165) is 84.8 Å². The summed E-state index contributed by atoms with van der Waals surface area (Å²) in [5.41, 5.74) is 5.68. The summed E-state index contributed by atoms with van der Waals surface area (Å²) in [5.74, 6) is 2.19. The van der Waals surface area contributed by atoms with Crippen molar-refractivity contribution in [2.75, 3.05) is 49.8 Å². The Labute approximate surface area is 262 Å². The number of para-hydroxylation sites is 1. The van der Waals surface area contributed by atoms with Gasteiger partial charge in [0.1, 0.15) is 5.69 Å². The number of thioether (sulfide) groups is 1. The average Bonchev–Trinajstić information content (AvgIpc) is 3.42. The first-order valence-corrected chi connectivity index (χ1v) is 16.5. The number of ether oxygens (including phenoxy) is 2. The highest BCUT2D eigenvalue weighted by atomic mass is 32.2. The van der Waals surface area contributed by atoms with Gasteiger partial charge in [-0.2, -0.15) is 16.9 Å². The molecule has 1 saturated carbocycles. The van der Waals surface area contributed by atoms with Crippen LogP contribution in [0.25, 0.3) is 16.7 Å². The Bertz CT molecular complexity index is 1490. The Kier molecular flexibility index (Phi) is 11.5. The summed E-state index contributed by atoms with van der Waals surface area (Å²) in [4.78, 5) is 35.1. The maximum absolute atomic E-state index is 13.6. The molecule has 0 bridgehead atoms. The van der Waals surface area contributed by atoms with Gasteiger partial charge in [0.15, 0.2) is 11.4 Å². The van der Waals surface area contributed by atoms with Crippen LogP contribution in [0.1, 0.15) is 59.8 Å². The van der Waals surface area contributed by atoms with Crippen LogP contribution in [0.5, 0.6) is 0 Å². The van der Waals surface area contributed by atoms with Crippen LogP contribution in [0.4, 0.5) is 5.69 Å². The second kappa shape index (κ2) is 15.9. The first kappa shape index (κ1) is 31.8. The highest BCUT2D eigenvalue weighted by Gasteiger charge is 2.31. The average molecular weight is 617 g/mol. The standard InChI is InChI=1S/C34H40N4O3S.O2/c1-40-22-26-15-17-37(18-16-26)30-21-29(31(39)24-42-20-19-41-23-25-9-4-2-5-10-25)35-34-32(30)33(27-11-8-12-27)36-38(34)28-13-6-3-7-14-28;1-2/h2-7,9-10,13-14,21,26-27H,8,11-12,15-20,22-24H2,1H3;. The van der Waals surface area contributed by atoms with Gasteiger partial charge in [0.2, 0.25) is 0 Å². The summed E-state index contributed by atoms with van der Waals surface area (Å²) < 4.78 is 13.2. The smallest absolute Gasteiger partial charge is 0.191 e. The molecule has 4 aromatic rings. The van der Waals surface area contributed by atoms with E-state index in [4.69, 9.17) is 29.5 Å². The molecule has 2 fully saturated rings. The fourth-order valence-electron chi connectivity index (χ4n) is 5.93. The zero-order valence-electron chi connectivity index (χ0n) is 25.2. The van der Waals surface area contributed by atoms with E-state index in [9.17, 15) is 4.79 Å². The molecule has 2 aromatic carbocycles. The fraction of sp³-hybridized carbons (Fsp3) is 0.441. The van der Waals surface area contributed by atoms with Gasteiger partial charge in [0, 0.05) is 48.4 Å². The van der Waals surface area contributed by atoms with E-state index in [-0.39, 0.29) is 5.78 Å². The van der Waals surface area contributed by atoms with Crippen LogP contribution in [0.3, 0.4) is 0 Å². The van der Waals surface area contributed by atoms with Crippen LogP contribution >= 0.6 is 11.8 Å². The lowest BCUT2D eigenvalue weighted by Gasteiger charge is -2.34. The molecule has 6 rings (SSSR count). The number of pyridine rings is 1. The number of aromatic nitrogens is 3. The molecule has 3 heterocycles. The van der Waals surface area contributed by atoms with Crippen molar-refractivity contribution in [3.05, 3.63) is 93.6 Å². The zero-order valence-corrected chi connectivity index (χ0v) is 26.0. The number of hydrogen-bond acceptors (Lipinski definition) is 9. The molecular weight excluding hydrogens is 576 g/mol. The summed E-state index contributed by atoms with van der Waals surface area (Å²) in [6.07, 6.45) is 5.69. The predicted octanol–water partition coefficient (Wildman–Crippen LogP) is 6.75. The van der Waals surface area contributed by atoms with Crippen molar-refractivity contribution < 1.29 is 14.3 Å². The second-order valence-electron chi connectivity index (χ2n) is 11.4. The van der Waals surface area contributed by atoms with Gasteiger partial charge in [0.05, 0.1) is 41.4 Å². The monoisotopic (exact) mass is 616 g/mol. The maximum Gasteiger partial charge on any atom is 0.191 e. The lowest BCUT2D eigenvalue weighted by molar-refractivity contribution is 0.101. The SMILES string of the molecule is COCC1CCN(c2cc(C(=O)CSCCOCc3ccccc3)nc3c2c(C2CCC2)nn3-c2ccccc2)CC1.O=O. The number of fused-ring (bicyclic) bond motifs is 1. The molecule has 0 atom stereocenters. The van der Waals surface area contributed by atoms with Crippen LogP contribution in [-0.4, -0.2) is 65.5 Å². The maximum atomic E-state index is 13.6. The molecule has 232 valence electrons. The van der Waals surface area contributed by atoms with Gasteiger partial charge in [-0.1, -0.05) is 55.0 Å². The van der Waals surface area contributed by atoms with Crippen molar-refractivity contribution >= 4 is 34.3 Å². The second-order valence-corrected chi connectivity index (χ2v) is 12.5. The molecular formula is C34H40N4O5S. The Morgan fingerprint density at radius 2 is 1.68 bits per heavy atom. The topological polar surface area (TPSA) is 104 Å². The number of carbonyl (C=O) groups is 1. The quantitative estimate of drug-likeness (QED) is 0.119. The number of piperidine rings is 1. The van der Waals surface area contributed by atoms with Crippen LogP contribution < -0.4 is 4.90 Å². The predicted molar refractivity (Wildman–Crippen MR) is 177 cm³/mol. The molecule has 1 aliphatic carbocycles. The molecule has 9 nitrogen and oxygen atoms in total. The molecule has 44 heavy (non-hydrogen) atoms. The van der Waals surface area contributed by atoms with Crippen molar-refractivity contribution in [1.82, 2.24) is 14.8 Å². The van der Waals surface area contributed by atoms with Gasteiger partial charge in [-0.25, -0.2) is 9.67 Å². The van der Waals surface area contributed by atoms with Crippen molar-refractivity contribution in [2.24, 2.45) is 5.92 Å². The molecule has 10 heteroatoms. The fourth-order valence-corrected chi connectivity index (χ4v) is 6.64. The molecule has 0 radical (unpaired) electrons. The lowest BCUT2D eigenvalue weighted by Crippen LogP contribution is -2.35. The van der Waals surface area contributed by atoms with E-state index < -0.39 is 0 Å². The molecule has 0 amide bonds. The van der Waals surface area contributed by atoms with Crippen molar-refractivity contribution in [1.29, 1.82) is 0 Å². The minimum atomic E-state index is 0.0477. The van der Waals surface area contributed by atoms with E-state index in [2.05, 4.69) is 29.2 Å². The van der Waals surface area contributed by atoms with E-state index >= 15 is 0 Å². The first-order valence-electron chi connectivity index (χ1n) is 15.3. The summed E-state index contributed by atoms with van der Waals surface area (Å²) in [6, 6.07) is 22.4. The van der Waals surface area contributed by atoms with Crippen LogP contribution in [-0.2, 0) is 16.1 Å². The highest BCUT2D eigenvalue weighted by Crippen LogP contribution is 2.43. The molecule has 0 spiro atoms. The number of methoxy groups -OCH3 is 1. The molecule has 2 aliphatic rings. The third-order valence-corrected chi connectivity index (χ3v) is 9.42. The number of hydrogen-bond donors (Lipinski definition) is 0. The summed E-state index contributed by atoms with van der Waals surface area (Å²) in [5, 5.41) is 6.30. The Morgan fingerprint density at radius 3 is 2.34 bits per heavy atom. The minimum Gasteiger partial charge on any atom is -0.384 e. The van der Waals surface area contributed by atoms with Crippen LogP contribution in [0.15, 0.2) is 66.7 Å². The summed E-state index contributed by atoms with van der Waals surface area (Å²) >= 11 is 1.60. The highest BCUT2D eigenvalue weighted by molar-refractivity contribution is 8.00. The van der Waals surface area contributed by atoms with Crippen LogP contribution in [0, 0.1) is 15.8 Å². The number of ketones is 1. The molecule has 0 N–H and O–H groups in total. The third kappa shape index (κ3) is 7.54. The van der Waals surface area contributed by atoms with Gasteiger partial charge >= 0.3 is 0 Å². The van der Waals surface area contributed by atoms with Crippen LogP contribution in [0.2, 0.25) is 0 Å². The van der Waals surface area contributed by atoms with Gasteiger partial charge in [-0.15, -0.1) is 0 Å².